The van der Waals surface area contributed by atoms with Gasteiger partial charge in [0.15, 0.2) is 11.5 Å². The van der Waals surface area contributed by atoms with E-state index in [9.17, 15) is 14.7 Å². The van der Waals surface area contributed by atoms with Crippen LogP contribution in [0, 0.1) is 0 Å². The number of para-hydroxylation sites is 1. The number of ether oxygens (including phenoxy) is 3. The number of benzene rings is 3. The first-order valence-electron chi connectivity index (χ1n) is 9.76. The molecule has 0 saturated carbocycles. The zero-order valence-electron chi connectivity index (χ0n) is 17.6. The van der Waals surface area contributed by atoms with Gasteiger partial charge in [0.25, 0.3) is 5.91 Å². The second kappa shape index (κ2) is 10.6. The number of rotatable bonds is 8. The molecule has 1 amide bonds. The molecule has 0 aliphatic carbocycles. The Bertz CT molecular complexity index is 1130. The molecule has 0 aliphatic heterocycles. The third-order valence-electron chi connectivity index (χ3n) is 4.31. The highest BCUT2D eigenvalue weighted by atomic mass is 16.6. The van der Waals surface area contributed by atoms with Gasteiger partial charge < -0.3 is 19.3 Å². The molecule has 0 aromatic heterocycles. The summed E-state index contributed by atoms with van der Waals surface area (Å²) < 4.78 is 16.3. The summed E-state index contributed by atoms with van der Waals surface area (Å²) in [4.78, 5) is 24.7. The lowest BCUT2D eigenvalue weighted by Gasteiger charge is -2.12. The molecule has 0 radical (unpaired) electrons. The summed E-state index contributed by atoms with van der Waals surface area (Å²) in [7, 11) is 1.48. The number of hydrogen-bond acceptors (Lipinski definition) is 7. The highest BCUT2D eigenvalue weighted by molar-refractivity contribution is 5.95. The van der Waals surface area contributed by atoms with Gasteiger partial charge in [-0.05, 0) is 67.1 Å². The monoisotopic (exact) mass is 434 g/mol. The first-order chi connectivity index (χ1) is 15.5. The number of amides is 1. The van der Waals surface area contributed by atoms with Crippen LogP contribution < -0.4 is 19.6 Å². The average Bonchev–Trinajstić information content (AvgIpc) is 2.81. The lowest BCUT2D eigenvalue weighted by molar-refractivity contribution is 0.0724. The summed E-state index contributed by atoms with van der Waals surface area (Å²) in [6.07, 6.45) is 1.44. The van der Waals surface area contributed by atoms with Crippen LogP contribution in [0.15, 0.2) is 71.8 Å². The van der Waals surface area contributed by atoms with Crippen LogP contribution in [0.4, 0.5) is 0 Å². The molecule has 0 saturated heterocycles. The van der Waals surface area contributed by atoms with Crippen LogP contribution in [0.3, 0.4) is 0 Å². The molecule has 32 heavy (non-hydrogen) atoms. The Hall–Kier alpha value is -4.33. The Labute approximate surface area is 185 Å². The lowest BCUT2D eigenvalue weighted by Crippen LogP contribution is -2.17. The van der Waals surface area contributed by atoms with Gasteiger partial charge in [-0.2, -0.15) is 5.10 Å². The van der Waals surface area contributed by atoms with Crippen molar-refractivity contribution in [1.82, 2.24) is 5.43 Å². The third kappa shape index (κ3) is 5.63. The van der Waals surface area contributed by atoms with Gasteiger partial charge in [-0.3, -0.25) is 4.79 Å². The number of nitrogens with zero attached hydrogens (tertiary/aromatic N) is 1. The number of phenols is 1. The molecule has 3 aromatic carbocycles. The van der Waals surface area contributed by atoms with Crippen LogP contribution >= 0.6 is 0 Å². The van der Waals surface area contributed by atoms with Crippen molar-refractivity contribution in [1.29, 1.82) is 0 Å². The Morgan fingerprint density at radius 1 is 1.00 bits per heavy atom. The van der Waals surface area contributed by atoms with Gasteiger partial charge in [-0.25, -0.2) is 10.2 Å². The fraction of sp³-hybridized carbons (Fsp3) is 0.125. The van der Waals surface area contributed by atoms with Crippen LogP contribution in [0.5, 0.6) is 23.0 Å². The molecule has 0 bridgehead atoms. The number of aromatic hydroxyl groups is 1. The van der Waals surface area contributed by atoms with E-state index in [1.807, 2.05) is 6.92 Å². The first-order valence-corrected chi connectivity index (χ1v) is 9.76. The van der Waals surface area contributed by atoms with Crippen molar-refractivity contribution >= 4 is 18.1 Å². The lowest BCUT2D eigenvalue weighted by atomic mass is 10.2. The van der Waals surface area contributed by atoms with Gasteiger partial charge in [-0.1, -0.05) is 12.1 Å². The fourth-order valence-electron chi connectivity index (χ4n) is 2.77. The van der Waals surface area contributed by atoms with E-state index in [-0.39, 0.29) is 11.5 Å². The molecule has 3 aromatic rings. The van der Waals surface area contributed by atoms with Gasteiger partial charge in [0.1, 0.15) is 17.1 Å². The maximum Gasteiger partial charge on any atom is 0.347 e. The largest absolute Gasteiger partial charge is 0.508 e. The summed E-state index contributed by atoms with van der Waals surface area (Å²) >= 11 is 0. The van der Waals surface area contributed by atoms with Crippen molar-refractivity contribution in [3.63, 3.8) is 0 Å². The molecule has 0 spiro atoms. The second-order valence-electron chi connectivity index (χ2n) is 6.47. The number of methoxy groups -OCH3 is 1. The maximum absolute atomic E-state index is 12.6. The van der Waals surface area contributed by atoms with Gasteiger partial charge >= 0.3 is 5.97 Å². The molecule has 0 atom stereocenters. The van der Waals surface area contributed by atoms with Gasteiger partial charge in [0.05, 0.1) is 19.9 Å². The van der Waals surface area contributed by atoms with Crippen LogP contribution in [0.2, 0.25) is 0 Å². The fourth-order valence-corrected chi connectivity index (χ4v) is 2.77. The Morgan fingerprint density at radius 3 is 2.47 bits per heavy atom. The van der Waals surface area contributed by atoms with Gasteiger partial charge in [-0.15, -0.1) is 0 Å². The Morgan fingerprint density at radius 2 is 1.75 bits per heavy atom. The summed E-state index contributed by atoms with van der Waals surface area (Å²) in [5.74, 6) is 0.0702. The number of phenolic OH excluding ortho intramolecular Hbond substituents is 1. The van der Waals surface area contributed by atoms with Gasteiger partial charge in [0, 0.05) is 5.56 Å². The van der Waals surface area contributed by atoms with Crippen LogP contribution in [-0.2, 0) is 0 Å². The van der Waals surface area contributed by atoms with E-state index in [1.165, 1.54) is 37.6 Å². The molecule has 0 heterocycles. The van der Waals surface area contributed by atoms with Crippen molar-refractivity contribution in [3.8, 4) is 23.0 Å². The molecular formula is C24H22N2O6. The number of hydrogen-bond donors (Lipinski definition) is 2. The SMILES string of the molecule is CCOc1cc(/C=N/NC(=O)c2ccc(O)cc2)ccc1OC(=O)c1ccccc1OC. The van der Waals surface area contributed by atoms with E-state index < -0.39 is 11.9 Å². The molecule has 8 nitrogen and oxygen atoms in total. The molecule has 0 aliphatic rings. The molecule has 3 rings (SSSR count). The number of nitrogens with one attached hydrogen (secondary N) is 1. The van der Waals surface area contributed by atoms with Crippen molar-refractivity contribution in [2.45, 2.75) is 6.92 Å². The maximum atomic E-state index is 12.6. The highest BCUT2D eigenvalue weighted by Gasteiger charge is 2.16. The average molecular weight is 434 g/mol. The van der Waals surface area contributed by atoms with E-state index in [0.29, 0.717) is 34.8 Å². The molecule has 2 N–H and O–H groups in total. The minimum absolute atomic E-state index is 0.0694. The number of hydrazone groups is 1. The van der Waals surface area contributed by atoms with Crippen molar-refractivity contribution < 1.29 is 28.9 Å². The van der Waals surface area contributed by atoms with E-state index in [0.717, 1.165) is 0 Å². The quantitative estimate of drug-likeness (QED) is 0.242. The summed E-state index contributed by atoms with van der Waals surface area (Å²) in [5, 5.41) is 13.2. The van der Waals surface area contributed by atoms with Crippen LogP contribution in [0.25, 0.3) is 0 Å². The standard InChI is InChI=1S/C24H22N2O6/c1-3-31-22-14-16(15-25-26-23(28)17-9-11-18(27)12-10-17)8-13-21(22)32-24(29)19-6-4-5-7-20(19)30-2/h4-15,27H,3H2,1-2H3,(H,26,28)/b25-15+. The molecule has 0 unspecified atom stereocenters. The smallest absolute Gasteiger partial charge is 0.347 e. The predicted molar refractivity (Wildman–Crippen MR) is 119 cm³/mol. The molecule has 164 valence electrons. The van der Waals surface area contributed by atoms with Crippen molar-refractivity contribution in [2.75, 3.05) is 13.7 Å². The summed E-state index contributed by atoms with van der Waals surface area (Å²) in [6.45, 7) is 2.17. The van der Waals surface area contributed by atoms with Crippen molar-refractivity contribution in [3.05, 3.63) is 83.4 Å². The first kappa shape index (κ1) is 22.4. The minimum Gasteiger partial charge on any atom is -0.508 e. The third-order valence-corrected chi connectivity index (χ3v) is 4.31. The summed E-state index contributed by atoms with van der Waals surface area (Å²) in [5.41, 5.74) is 3.68. The second-order valence-corrected chi connectivity index (χ2v) is 6.47. The van der Waals surface area contributed by atoms with Crippen LogP contribution in [-0.4, -0.2) is 36.9 Å². The predicted octanol–water partition coefficient (Wildman–Crippen LogP) is 3.78. The van der Waals surface area contributed by atoms with E-state index >= 15 is 0 Å². The summed E-state index contributed by atoms with van der Waals surface area (Å²) in [6, 6.07) is 17.5. The molecule has 8 heteroatoms. The Kier molecular flexibility index (Phi) is 7.42. The van der Waals surface area contributed by atoms with E-state index in [2.05, 4.69) is 10.5 Å². The molecule has 0 fully saturated rings. The van der Waals surface area contributed by atoms with E-state index in [1.54, 1.807) is 42.5 Å². The van der Waals surface area contributed by atoms with Crippen molar-refractivity contribution in [2.24, 2.45) is 5.10 Å². The molecular weight excluding hydrogens is 412 g/mol. The number of carbonyl (C=O) groups excluding carboxylic acids is 2. The topological polar surface area (TPSA) is 106 Å². The minimum atomic E-state index is -0.578. The highest BCUT2D eigenvalue weighted by Crippen LogP contribution is 2.30. The number of esters is 1. The van der Waals surface area contributed by atoms with E-state index in [4.69, 9.17) is 14.2 Å². The van der Waals surface area contributed by atoms with Gasteiger partial charge in [0.2, 0.25) is 0 Å². The number of carbonyl (C=O) groups is 2. The van der Waals surface area contributed by atoms with Crippen LogP contribution in [0.1, 0.15) is 33.2 Å². The zero-order chi connectivity index (χ0) is 22.9. The normalized spacial score (nSPS) is 10.6. The zero-order valence-corrected chi connectivity index (χ0v) is 17.6. The Balaban J connectivity index is 1.72.